The summed E-state index contributed by atoms with van der Waals surface area (Å²) in [6.07, 6.45) is 3.82. The van der Waals surface area contributed by atoms with Crippen molar-refractivity contribution >= 4 is 18.3 Å². The van der Waals surface area contributed by atoms with Crippen molar-refractivity contribution in [3.63, 3.8) is 0 Å². The van der Waals surface area contributed by atoms with Crippen LogP contribution in [0.15, 0.2) is 29.2 Å². The van der Waals surface area contributed by atoms with Gasteiger partial charge < -0.3 is 4.90 Å². The number of benzene rings is 1. The largest absolute Gasteiger partial charge is 0.361 e. The average molecular weight is 263 g/mol. The van der Waals surface area contributed by atoms with Crippen molar-refractivity contribution in [3.05, 3.63) is 29.8 Å². The van der Waals surface area contributed by atoms with E-state index in [0.717, 1.165) is 26.2 Å². The van der Waals surface area contributed by atoms with Gasteiger partial charge in [0.25, 0.3) is 0 Å². The van der Waals surface area contributed by atoms with E-state index >= 15 is 0 Å². The number of hydrogen-bond donors (Lipinski definition) is 1. The van der Waals surface area contributed by atoms with Gasteiger partial charge in [-0.3, -0.25) is 5.41 Å². The quantitative estimate of drug-likeness (QED) is 0.503. The summed E-state index contributed by atoms with van der Waals surface area (Å²) in [5.41, 5.74) is 1.43. The van der Waals surface area contributed by atoms with E-state index in [1.807, 2.05) is 11.9 Å². The topological polar surface area (TPSA) is 30.3 Å². The fourth-order valence-electron chi connectivity index (χ4n) is 2.08. The van der Waals surface area contributed by atoms with Crippen LogP contribution in [0.5, 0.6) is 0 Å². The standard InChI is InChI=1S/C14H21N3S/c1-2-3-13-4-6-14(7-5-13)18-17-10-8-16(12-15)9-11-17/h4-7,12,15H,2-3,8-11H2,1H3. The maximum absolute atomic E-state index is 7.22. The smallest absolute Gasteiger partial charge is 0.0818 e. The Morgan fingerprint density at radius 2 is 1.83 bits per heavy atom. The molecule has 98 valence electrons. The summed E-state index contributed by atoms with van der Waals surface area (Å²) in [7, 11) is 0. The van der Waals surface area contributed by atoms with Gasteiger partial charge in [0, 0.05) is 31.1 Å². The molecule has 4 heteroatoms. The lowest BCUT2D eigenvalue weighted by Gasteiger charge is -2.32. The molecule has 1 aliphatic rings. The Morgan fingerprint density at radius 1 is 1.17 bits per heavy atom. The van der Waals surface area contributed by atoms with E-state index in [0.29, 0.717) is 0 Å². The number of rotatable bonds is 5. The van der Waals surface area contributed by atoms with E-state index in [4.69, 9.17) is 5.41 Å². The van der Waals surface area contributed by atoms with Gasteiger partial charge in [0.05, 0.1) is 6.34 Å². The lowest BCUT2D eigenvalue weighted by molar-refractivity contribution is 0.287. The summed E-state index contributed by atoms with van der Waals surface area (Å²) < 4.78 is 2.38. The maximum atomic E-state index is 7.22. The third kappa shape index (κ3) is 3.75. The van der Waals surface area contributed by atoms with E-state index in [1.165, 1.54) is 29.6 Å². The fraction of sp³-hybridized carbons (Fsp3) is 0.500. The second kappa shape index (κ2) is 6.81. The van der Waals surface area contributed by atoms with Gasteiger partial charge in [-0.05, 0) is 36.1 Å². The summed E-state index contributed by atoms with van der Waals surface area (Å²) in [5, 5.41) is 7.22. The van der Waals surface area contributed by atoms with Crippen LogP contribution in [-0.4, -0.2) is 41.7 Å². The third-order valence-electron chi connectivity index (χ3n) is 3.15. The zero-order valence-electron chi connectivity index (χ0n) is 10.9. The summed E-state index contributed by atoms with van der Waals surface area (Å²) in [5.74, 6) is 0. The van der Waals surface area contributed by atoms with Gasteiger partial charge in [0.1, 0.15) is 0 Å². The van der Waals surface area contributed by atoms with E-state index in [-0.39, 0.29) is 0 Å². The zero-order valence-corrected chi connectivity index (χ0v) is 11.7. The molecule has 0 atom stereocenters. The van der Waals surface area contributed by atoms with Crippen LogP contribution in [0.25, 0.3) is 0 Å². The Labute approximate surface area is 114 Å². The first-order valence-corrected chi connectivity index (χ1v) is 7.35. The van der Waals surface area contributed by atoms with Crippen LogP contribution in [0, 0.1) is 5.41 Å². The van der Waals surface area contributed by atoms with Gasteiger partial charge in [-0.2, -0.15) is 0 Å². The van der Waals surface area contributed by atoms with Crippen LogP contribution >= 0.6 is 11.9 Å². The Hall–Kier alpha value is -1.00. The van der Waals surface area contributed by atoms with Crippen molar-refractivity contribution in [2.75, 3.05) is 26.2 Å². The second-order valence-electron chi connectivity index (χ2n) is 4.58. The minimum Gasteiger partial charge on any atom is -0.361 e. The van der Waals surface area contributed by atoms with Crippen molar-refractivity contribution in [1.82, 2.24) is 9.21 Å². The summed E-state index contributed by atoms with van der Waals surface area (Å²) in [4.78, 5) is 3.37. The first kappa shape index (κ1) is 13.4. The molecule has 0 aromatic heterocycles. The Bertz CT molecular complexity index is 369. The van der Waals surface area contributed by atoms with Gasteiger partial charge in [-0.1, -0.05) is 25.5 Å². The van der Waals surface area contributed by atoms with E-state index in [1.54, 1.807) is 0 Å². The normalized spacial score (nSPS) is 16.8. The molecule has 0 amide bonds. The number of nitrogens with zero attached hydrogens (tertiary/aromatic N) is 2. The predicted molar refractivity (Wildman–Crippen MR) is 78.2 cm³/mol. The molecule has 1 aromatic carbocycles. The van der Waals surface area contributed by atoms with Crippen molar-refractivity contribution in [1.29, 1.82) is 5.41 Å². The summed E-state index contributed by atoms with van der Waals surface area (Å²) >= 11 is 1.84. The lowest BCUT2D eigenvalue weighted by atomic mass is 10.1. The Kier molecular flexibility index (Phi) is 5.08. The molecule has 1 aliphatic heterocycles. The highest BCUT2D eigenvalue weighted by Gasteiger charge is 2.15. The molecule has 0 aliphatic carbocycles. The molecule has 0 saturated carbocycles. The highest BCUT2D eigenvalue weighted by molar-refractivity contribution is 7.97. The monoisotopic (exact) mass is 263 g/mol. The zero-order chi connectivity index (χ0) is 12.8. The molecule has 1 saturated heterocycles. The SMILES string of the molecule is CCCc1ccc(SN2CCN(C=N)CC2)cc1. The van der Waals surface area contributed by atoms with Crippen LogP contribution in [0.3, 0.4) is 0 Å². The second-order valence-corrected chi connectivity index (χ2v) is 5.75. The van der Waals surface area contributed by atoms with Crippen LogP contribution in [0.1, 0.15) is 18.9 Å². The van der Waals surface area contributed by atoms with Gasteiger partial charge in [-0.25, -0.2) is 4.31 Å². The Balaban J connectivity index is 1.84. The highest BCUT2D eigenvalue weighted by atomic mass is 32.2. The minimum absolute atomic E-state index is 0.963. The lowest BCUT2D eigenvalue weighted by Crippen LogP contribution is -2.42. The van der Waals surface area contributed by atoms with Crippen LogP contribution < -0.4 is 0 Å². The van der Waals surface area contributed by atoms with Crippen LogP contribution in [0.4, 0.5) is 0 Å². The van der Waals surface area contributed by atoms with Crippen LogP contribution in [-0.2, 0) is 6.42 Å². The first-order valence-electron chi connectivity index (χ1n) is 6.58. The predicted octanol–water partition coefficient (Wildman–Crippen LogP) is 2.87. The number of hydrogen-bond acceptors (Lipinski definition) is 3. The molecule has 1 heterocycles. The minimum atomic E-state index is 0.963. The fourth-order valence-corrected chi connectivity index (χ4v) is 2.98. The van der Waals surface area contributed by atoms with E-state index in [9.17, 15) is 0 Å². The van der Waals surface area contributed by atoms with Crippen molar-refractivity contribution < 1.29 is 0 Å². The Morgan fingerprint density at radius 3 is 2.39 bits per heavy atom. The molecule has 0 spiro atoms. The van der Waals surface area contributed by atoms with Gasteiger partial charge in [-0.15, -0.1) is 0 Å². The summed E-state index contributed by atoms with van der Waals surface area (Å²) in [6.45, 7) is 6.19. The van der Waals surface area contributed by atoms with Crippen LogP contribution in [0.2, 0.25) is 0 Å². The number of aryl methyl sites for hydroxylation is 1. The molecule has 0 bridgehead atoms. The molecular formula is C14H21N3S. The molecule has 1 aromatic rings. The highest BCUT2D eigenvalue weighted by Crippen LogP contribution is 2.24. The molecule has 3 nitrogen and oxygen atoms in total. The van der Waals surface area contributed by atoms with Crippen molar-refractivity contribution in [2.45, 2.75) is 24.7 Å². The van der Waals surface area contributed by atoms with Crippen molar-refractivity contribution in [3.8, 4) is 0 Å². The van der Waals surface area contributed by atoms with E-state index in [2.05, 4.69) is 40.4 Å². The van der Waals surface area contributed by atoms with Gasteiger partial charge in [0.2, 0.25) is 0 Å². The molecule has 0 unspecified atom stereocenters. The maximum Gasteiger partial charge on any atom is 0.0818 e. The average Bonchev–Trinajstić information content (AvgIpc) is 2.42. The van der Waals surface area contributed by atoms with Crippen molar-refractivity contribution in [2.24, 2.45) is 0 Å². The van der Waals surface area contributed by atoms with Gasteiger partial charge in [0.15, 0.2) is 0 Å². The molecule has 1 N–H and O–H groups in total. The molecule has 0 radical (unpaired) electrons. The van der Waals surface area contributed by atoms with E-state index < -0.39 is 0 Å². The molecule has 2 rings (SSSR count). The molecule has 18 heavy (non-hydrogen) atoms. The summed E-state index contributed by atoms with van der Waals surface area (Å²) in [6, 6.07) is 8.91. The first-order chi connectivity index (χ1) is 8.81. The molecular weight excluding hydrogens is 242 g/mol. The third-order valence-corrected chi connectivity index (χ3v) is 4.26. The van der Waals surface area contributed by atoms with Gasteiger partial charge >= 0.3 is 0 Å². The molecule has 1 fully saturated rings. The number of nitrogens with one attached hydrogen (secondary N) is 1. The number of piperazine rings is 1.